The number of fused-ring (bicyclic) bond motifs is 1. The fraction of sp³-hybridized carbons (Fsp3) is 0.167. The summed E-state index contributed by atoms with van der Waals surface area (Å²) in [7, 11) is 0. The molecule has 5 rings (SSSR count). The average molecular weight is 410 g/mol. The SMILES string of the molecule is O=C(Cc1ccc(-n2cnnn2)cc1)Nc1ccc(CN2CCc3ccccc32)cc1. The van der Waals surface area contributed by atoms with Crippen LogP contribution in [-0.4, -0.2) is 32.7 Å². The van der Waals surface area contributed by atoms with Crippen molar-refractivity contribution in [1.29, 1.82) is 0 Å². The van der Waals surface area contributed by atoms with E-state index in [1.54, 1.807) is 4.68 Å². The Hall–Kier alpha value is -4.00. The van der Waals surface area contributed by atoms with Gasteiger partial charge in [-0.1, -0.05) is 42.5 Å². The van der Waals surface area contributed by atoms with Gasteiger partial charge in [0.1, 0.15) is 6.33 Å². The molecule has 154 valence electrons. The lowest BCUT2D eigenvalue weighted by atomic mass is 10.1. The van der Waals surface area contributed by atoms with Crippen LogP contribution in [0.3, 0.4) is 0 Å². The number of para-hydroxylation sites is 1. The molecule has 2 heterocycles. The summed E-state index contributed by atoms with van der Waals surface area (Å²) in [5.41, 5.74) is 6.56. The number of amides is 1. The second kappa shape index (κ2) is 8.39. The summed E-state index contributed by atoms with van der Waals surface area (Å²) in [5, 5.41) is 14.1. The first-order valence-corrected chi connectivity index (χ1v) is 10.3. The number of tetrazole rings is 1. The smallest absolute Gasteiger partial charge is 0.228 e. The third-order valence-electron chi connectivity index (χ3n) is 5.51. The molecular weight excluding hydrogens is 388 g/mol. The van der Waals surface area contributed by atoms with E-state index in [0.717, 1.165) is 36.4 Å². The monoisotopic (exact) mass is 410 g/mol. The second-order valence-corrected chi connectivity index (χ2v) is 7.64. The van der Waals surface area contributed by atoms with Crippen molar-refractivity contribution in [3.05, 3.63) is 95.8 Å². The fourth-order valence-electron chi connectivity index (χ4n) is 3.92. The van der Waals surface area contributed by atoms with Gasteiger partial charge < -0.3 is 10.2 Å². The molecule has 1 N–H and O–H groups in total. The molecule has 0 fully saturated rings. The van der Waals surface area contributed by atoms with Crippen LogP contribution in [0.5, 0.6) is 0 Å². The van der Waals surface area contributed by atoms with Crippen LogP contribution in [0.25, 0.3) is 5.69 Å². The van der Waals surface area contributed by atoms with Crippen molar-refractivity contribution in [2.45, 2.75) is 19.4 Å². The van der Waals surface area contributed by atoms with E-state index in [9.17, 15) is 4.79 Å². The number of nitrogens with one attached hydrogen (secondary N) is 1. The van der Waals surface area contributed by atoms with Gasteiger partial charge in [0, 0.05) is 24.5 Å². The maximum atomic E-state index is 12.4. The lowest BCUT2D eigenvalue weighted by Crippen LogP contribution is -2.19. The molecule has 7 heteroatoms. The van der Waals surface area contributed by atoms with E-state index in [-0.39, 0.29) is 5.91 Å². The number of nitrogens with zero attached hydrogens (tertiary/aromatic N) is 5. The Balaban J connectivity index is 1.17. The first-order chi connectivity index (χ1) is 15.2. The van der Waals surface area contributed by atoms with Crippen LogP contribution >= 0.6 is 0 Å². The van der Waals surface area contributed by atoms with Gasteiger partial charge >= 0.3 is 0 Å². The van der Waals surface area contributed by atoms with Crippen molar-refractivity contribution in [3.8, 4) is 5.69 Å². The van der Waals surface area contributed by atoms with Gasteiger partial charge in [-0.2, -0.15) is 0 Å². The zero-order valence-electron chi connectivity index (χ0n) is 17.0. The molecule has 0 aliphatic carbocycles. The van der Waals surface area contributed by atoms with E-state index in [0.29, 0.717) is 6.42 Å². The van der Waals surface area contributed by atoms with Crippen LogP contribution in [0.1, 0.15) is 16.7 Å². The summed E-state index contributed by atoms with van der Waals surface area (Å²) in [6.45, 7) is 1.92. The Kier molecular flexibility index (Phi) is 5.14. The van der Waals surface area contributed by atoms with Crippen molar-refractivity contribution in [2.75, 3.05) is 16.8 Å². The molecule has 31 heavy (non-hydrogen) atoms. The quantitative estimate of drug-likeness (QED) is 0.527. The summed E-state index contributed by atoms with van der Waals surface area (Å²) < 4.78 is 1.58. The molecule has 1 amide bonds. The van der Waals surface area contributed by atoms with Crippen molar-refractivity contribution < 1.29 is 4.79 Å². The van der Waals surface area contributed by atoms with E-state index in [4.69, 9.17) is 0 Å². The van der Waals surface area contributed by atoms with Gasteiger partial charge in [-0.3, -0.25) is 4.79 Å². The minimum absolute atomic E-state index is 0.0450. The van der Waals surface area contributed by atoms with Crippen LogP contribution in [0, 0.1) is 0 Å². The van der Waals surface area contributed by atoms with Crippen molar-refractivity contribution in [3.63, 3.8) is 0 Å². The summed E-state index contributed by atoms with van der Waals surface area (Å²) in [6.07, 6.45) is 2.94. The lowest BCUT2D eigenvalue weighted by molar-refractivity contribution is -0.115. The van der Waals surface area contributed by atoms with Crippen LogP contribution in [0.2, 0.25) is 0 Å². The molecule has 0 saturated carbocycles. The van der Waals surface area contributed by atoms with Crippen LogP contribution in [-0.2, 0) is 24.2 Å². The number of hydrogen-bond acceptors (Lipinski definition) is 5. The summed E-state index contributed by atoms with van der Waals surface area (Å²) in [6, 6.07) is 24.3. The molecule has 4 aromatic rings. The highest BCUT2D eigenvalue weighted by molar-refractivity contribution is 5.92. The average Bonchev–Trinajstić information content (AvgIpc) is 3.47. The molecule has 1 aliphatic heterocycles. The molecule has 1 aliphatic rings. The highest BCUT2D eigenvalue weighted by atomic mass is 16.1. The van der Waals surface area contributed by atoms with Crippen molar-refractivity contribution in [2.24, 2.45) is 0 Å². The lowest BCUT2D eigenvalue weighted by Gasteiger charge is -2.19. The second-order valence-electron chi connectivity index (χ2n) is 7.64. The Morgan fingerprint density at radius 2 is 1.71 bits per heavy atom. The standard InChI is InChI=1S/C24H22N6O/c31-24(15-18-7-11-22(12-8-18)30-17-25-27-28-30)26-21-9-5-19(6-10-21)16-29-14-13-20-3-1-2-4-23(20)29/h1-12,17H,13-16H2,(H,26,31). The highest BCUT2D eigenvalue weighted by Crippen LogP contribution is 2.29. The predicted octanol–water partition coefficient (Wildman–Crippen LogP) is 3.41. The third-order valence-corrected chi connectivity index (χ3v) is 5.51. The molecule has 3 aromatic carbocycles. The van der Waals surface area contributed by atoms with Gasteiger partial charge in [-0.15, -0.1) is 5.10 Å². The highest BCUT2D eigenvalue weighted by Gasteiger charge is 2.18. The molecule has 7 nitrogen and oxygen atoms in total. The van der Waals surface area contributed by atoms with Gasteiger partial charge in [-0.25, -0.2) is 4.68 Å². The Morgan fingerprint density at radius 1 is 0.935 bits per heavy atom. The van der Waals surface area contributed by atoms with E-state index in [1.165, 1.54) is 23.1 Å². The number of benzene rings is 3. The van der Waals surface area contributed by atoms with Crippen LogP contribution < -0.4 is 10.2 Å². The van der Waals surface area contributed by atoms with Crippen molar-refractivity contribution in [1.82, 2.24) is 20.2 Å². The summed E-state index contributed by atoms with van der Waals surface area (Å²) in [5.74, 6) is -0.0450. The summed E-state index contributed by atoms with van der Waals surface area (Å²) in [4.78, 5) is 14.8. The maximum Gasteiger partial charge on any atom is 0.228 e. The van der Waals surface area contributed by atoms with Gasteiger partial charge in [0.15, 0.2) is 0 Å². The molecule has 0 atom stereocenters. The van der Waals surface area contributed by atoms with Gasteiger partial charge in [0.25, 0.3) is 0 Å². The Labute approximate surface area is 180 Å². The van der Waals surface area contributed by atoms with E-state index < -0.39 is 0 Å². The number of rotatable bonds is 6. The van der Waals surface area contributed by atoms with Gasteiger partial charge in [0.05, 0.1) is 12.1 Å². The van der Waals surface area contributed by atoms with Gasteiger partial charge in [-0.05, 0) is 63.9 Å². The third kappa shape index (κ3) is 4.30. The molecule has 1 aromatic heterocycles. The van der Waals surface area contributed by atoms with Gasteiger partial charge in [0.2, 0.25) is 5.91 Å². The first-order valence-electron chi connectivity index (χ1n) is 10.3. The van der Waals surface area contributed by atoms with E-state index in [2.05, 4.69) is 62.1 Å². The number of hydrogen-bond donors (Lipinski definition) is 1. The fourth-order valence-corrected chi connectivity index (χ4v) is 3.92. The van der Waals surface area contributed by atoms with E-state index in [1.807, 2.05) is 36.4 Å². The molecule has 0 unspecified atom stereocenters. The Bertz CT molecular complexity index is 1170. The largest absolute Gasteiger partial charge is 0.367 e. The minimum Gasteiger partial charge on any atom is -0.367 e. The molecule has 0 spiro atoms. The number of anilines is 2. The number of carbonyl (C=O) groups is 1. The first kappa shape index (κ1) is 19.0. The zero-order valence-corrected chi connectivity index (χ0v) is 17.0. The molecule has 0 radical (unpaired) electrons. The predicted molar refractivity (Wildman–Crippen MR) is 119 cm³/mol. The Morgan fingerprint density at radius 3 is 2.48 bits per heavy atom. The normalized spacial score (nSPS) is 12.6. The number of carbonyl (C=O) groups excluding carboxylic acids is 1. The van der Waals surface area contributed by atoms with E-state index >= 15 is 0 Å². The maximum absolute atomic E-state index is 12.4. The van der Waals surface area contributed by atoms with Crippen molar-refractivity contribution >= 4 is 17.3 Å². The zero-order chi connectivity index (χ0) is 21.0. The van der Waals surface area contributed by atoms with Crippen LogP contribution in [0.15, 0.2) is 79.1 Å². The molecule has 0 saturated heterocycles. The molecular formula is C24H22N6O. The van der Waals surface area contributed by atoms with Crippen LogP contribution in [0.4, 0.5) is 11.4 Å². The summed E-state index contributed by atoms with van der Waals surface area (Å²) >= 11 is 0. The topological polar surface area (TPSA) is 75.9 Å². The number of aromatic nitrogens is 4. The minimum atomic E-state index is -0.0450. The molecule has 0 bridgehead atoms.